The van der Waals surface area contributed by atoms with Crippen LogP contribution in [0.25, 0.3) is 0 Å². The Morgan fingerprint density at radius 3 is 1.16 bits per heavy atom. The molecule has 0 aromatic heterocycles. The van der Waals surface area contributed by atoms with Gasteiger partial charge in [-0.3, -0.25) is 9.98 Å². The van der Waals surface area contributed by atoms with Gasteiger partial charge in [-0.15, -0.1) is 0 Å². The second-order valence-corrected chi connectivity index (χ2v) is 10.2. The van der Waals surface area contributed by atoms with Gasteiger partial charge in [-0.1, -0.05) is 92.2 Å². The summed E-state index contributed by atoms with van der Waals surface area (Å²) in [6.45, 7) is 13.6. The molecule has 0 heterocycles. The van der Waals surface area contributed by atoms with Crippen LogP contribution in [-0.4, -0.2) is 11.4 Å². The molecule has 0 saturated carbocycles. The molecule has 0 fully saturated rings. The Kier molecular flexibility index (Phi) is 17.6. The number of nitrogens with zero attached hydrogens (tertiary/aromatic N) is 2. The monoisotopic (exact) mass is 594 g/mol. The zero-order valence-electron chi connectivity index (χ0n) is 24.6. The summed E-state index contributed by atoms with van der Waals surface area (Å²) in [5.41, 5.74) is 10.5. The summed E-state index contributed by atoms with van der Waals surface area (Å²) in [5.74, 6) is 0. The summed E-state index contributed by atoms with van der Waals surface area (Å²) < 4.78 is 0. The van der Waals surface area contributed by atoms with Crippen molar-refractivity contribution in [3.8, 4) is 0 Å². The molecule has 0 aliphatic heterocycles. The average Bonchev–Trinajstić information content (AvgIpc) is 2.88. The predicted octanol–water partition coefficient (Wildman–Crippen LogP) is 10.7. The Balaban J connectivity index is 0.00000684. The van der Waals surface area contributed by atoms with Crippen molar-refractivity contribution >= 4 is 22.8 Å². The van der Waals surface area contributed by atoms with Gasteiger partial charge in [0, 0.05) is 20.4 Å². The molecule has 0 saturated heterocycles. The van der Waals surface area contributed by atoms with Gasteiger partial charge >= 0.3 is 0 Å². The van der Waals surface area contributed by atoms with Crippen LogP contribution in [0.15, 0.2) is 46.4 Å². The summed E-state index contributed by atoms with van der Waals surface area (Å²) in [6.07, 6.45) is 15.9. The van der Waals surface area contributed by atoms with E-state index in [-0.39, 0.29) is 20.4 Å². The predicted molar refractivity (Wildman–Crippen MR) is 162 cm³/mol. The molecule has 37 heavy (non-hydrogen) atoms. The molecule has 2 nitrogen and oxygen atoms in total. The first-order valence-electron chi connectivity index (χ1n) is 15.0. The summed E-state index contributed by atoms with van der Waals surface area (Å²) in [5, 5.41) is 0. The van der Waals surface area contributed by atoms with Crippen LogP contribution in [0.3, 0.4) is 0 Å². The van der Waals surface area contributed by atoms with Crippen LogP contribution in [0, 0.1) is 0 Å². The quantitative estimate of drug-likeness (QED) is 0.128. The van der Waals surface area contributed by atoms with E-state index in [2.05, 4.69) is 77.9 Å². The molecule has 0 aliphatic carbocycles. The SMILES string of the molecule is CCCCC(=Nc1ccc(CCC)c(CCC)c1)C(CCCC)=Nc1ccc(CCC)c(CCC)c1.[Pd]. The zero-order valence-corrected chi connectivity index (χ0v) is 26.1. The second-order valence-electron chi connectivity index (χ2n) is 10.2. The largest absolute Gasteiger partial charge is 0.252 e. The Morgan fingerprint density at radius 1 is 0.486 bits per heavy atom. The maximum atomic E-state index is 5.28. The Morgan fingerprint density at radius 2 is 0.838 bits per heavy atom. The second kappa shape index (κ2) is 19.5. The minimum Gasteiger partial charge on any atom is -0.252 e. The van der Waals surface area contributed by atoms with E-state index >= 15 is 0 Å². The third-order valence-corrected chi connectivity index (χ3v) is 6.85. The van der Waals surface area contributed by atoms with Gasteiger partial charge in [0.1, 0.15) is 0 Å². The van der Waals surface area contributed by atoms with Crippen molar-refractivity contribution in [1.82, 2.24) is 0 Å². The first-order chi connectivity index (χ1) is 17.6. The van der Waals surface area contributed by atoms with Gasteiger partial charge in [-0.25, -0.2) is 0 Å². The summed E-state index contributed by atoms with van der Waals surface area (Å²) in [7, 11) is 0. The zero-order chi connectivity index (χ0) is 26.2. The van der Waals surface area contributed by atoms with Gasteiger partial charge in [0.15, 0.2) is 0 Å². The van der Waals surface area contributed by atoms with Crippen molar-refractivity contribution in [3.63, 3.8) is 0 Å². The first kappa shape index (κ1) is 33.5. The third-order valence-electron chi connectivity index (χ3n) is 6.85. The maximum absolute atomic E-state index is 5.28. The topological polar surface area (TPSA) is 24.7 Å². The van der Waals surface area contributed by atoms with Gasteiger partial charge < -0.3 is 0 Å². The number of aryl methyl sites for hydroxylation is 4. The fourth-order valence-corrected chi connectivity index (χ4v) is 4.92. The Labute approximate surface area is 242 Å². The molecule has 0 bridgehead atoms. The van der Waals surface area contributed by atoms with E-state index < -0.39 is 0 Å². The molecule has 2 aromatic carbocycles. The fraction of sp³-hybridized carbons (Fsp3) is 0.588. The van der Waals surface area contributed by atoms with E-state index in [1.807, 2.05) is 0 Å². The van der Waals surface area contributed by atoms with Crippen LogP contribution in [0.5, 0.6) is 0 Å². The molecule has 0 atom stereocenters. The van der Waals surface area contributed by atoms with Crippen LogP contribution in [0.2, 0.25) is 0 Å². The smallest absolute Gasteiger partial charge is 0.0636 e. The molecule has 0 spiro atoms. The molecule has 208 valence electrons. The third kappa shape index (κ3) is 11.4. The molecule has 0 aliphatic rings. The van der Waals surface area contributed by atoms with E-state index in [0.717, 1.165) is 62.7 Å². The molecular formula is C34H52N2Pd. The maximum Gasteiger partial charge on any atom is 0.0636 e. The van der Waals surface area contributed by atoms with Crippen LogP contribution in [-0.2, 0) is 46.1 Å². The first-order valence-corrected chi connectivity index (χ1v) is 15.0. The summed E-state index contributed by atoms with van der Waals surface area (Å²) in [4.78, 5) is 10.6. The Bertz CT molecular complexity index is 894. The summed E-state index contributed by atoms with van der Waals surface area (Å²) >= 11 is 0. The minimum absolute atomic E-state index is 0. The van der Waals surface area contributed by atoms with Crippen molar-refractivity contribution < 1.29 is 20.4 Å². The standard InChI is InChI=1S/C34H52N2.Pd/c1-7-13-19-33(35-31-23-21-27(15-9-3)29(25-31)17-11-5)34(20-14-8-2)36-32-24-22-28(16-10-4)30(26-32)18-12-6;/h21-26H,7-20H2,1-6H3;. The molecule has 0 N–H and O–H groups in total. The number of aliphatic imine (C=N–C) groups is 2. The van der Waals surface area contributed by atoms with Crippen LogP contribution < -0.4 is 0 Å². The fourth-order valence-electron chi connectivity index (χ4n) is 4.92. The van der Waals surface area contributed by atoms with E-state index in [9.17, 15) is 0 Å². The van der Waals surface area contributed by atoms with Crippen molar-refractivity contribution in [2.24, 2.45) is 9.98 Å². The van der Waals surface area contributed by atoms with Gasteiger partial charge in [-0.2, -0.15) is 0 Å². The molecule has 0 radical (unpaired) electrons. The molecular weight excluding hydrogens is 543 g/mol. The number of rotatable bonds is 17. The minimum atomic E-state index is 0. The number of benzene rings is 2. The van der Waals surface area contributed by atoms with Gasteiger partial charge in [0.25, 0.3) is 0 Å². The van der Waals surface area contributed by atoms with E-state index in [0.29, 0.717) is 0 Å². The van der Waals surface area contributed by atoms with Crippen LogP contribution >= 0.6 is 0 Å². The molecule has 0 amide bonds. The van der Waals surface area contributed by atoms with Crippen molar-refractivity contribution in [3.05, 3.63) is 58.7 Å². The van der Waals surface area contributed by atoms with E-state index in [1.165, 1.54) is 72.2 Å². The normalized spacial score (nSPS) is 12.1. The average molecular weight is 595 g/mol. The van der Waals surface area contributed by atoms with Crippen molar-refractivity contribution in [2.45, 2.75) is 131 Å². The van der Waals surface area contributed by atoms with Gasteiger partial charge in [0.05, 0.1) is 22.8 Å². The van der Waals surface area contributed by atoms with Gasteiger partial charge in [0.2, 0.25) is 0 Å². The molecule has 2 rings (SSSR count). The number of hydrogen-bond acceptors (Lipinski definition) is 2. The molecule has 2 aromatic rings. The van der Waals surface area contributed by atoms with Crippen LogP contribution in [0.1, 0.15) is 128 Å². The van der Waals surface area contributed by atoms with E-state index in [1.54, 1.807) is 0 Å². The molecule has 0 unspecified atom stereocenters. The Hall–Kier alpha value is -1.56. The number of hydrogen-bond donors (Lipinski definition) is 0. The summed E-state index contributed by atoms with van der Waals surface area (Å²) in [6, 6.07) is 13.8. The number of unbranched alkanes of at least 4 members (excludes halogenated alkanes) is 2. The molecule has 3 heteroatoms. The van der Waals surface area contributed by atoms with Crippen molar-refractivity contribution in [2.75, 3.05) is 0 Å². The van der Waals surface area contributed by atoms with Gasteiger partial charge in [-0.05, 0) is 97.9 Å². The van der Waals surface area contributed by atoms with Crippen molar-refractivity contribution in [1.29, 1.82) is 0 Å². The van der Waals surface area contributed by atoms with E-state index in [4.69, 9.17) is 9.98 Å². The van der Waals surface area contributed by atoms with Crippen LogP contribution in [0.4, 0.5) is 11.4 Å².